The summed E-state index contributed by atoms with van der Waals surface area (Å²) in [5.41, 5.74) is 0.773. The molecule has 0 saturated heterocycles. The maximum Gasteiger partial charge on any atom is 0.244 e. The molecule has 1 N–H and O–H groups in total. The van der Waals surface area contributed by atoms with Crippen molar-refractivity contribution in [1.82, 2.24) is 9.62 Å². The maximum absolute atomic E-state index is 14.1. The molecular weight excluding hydrogens is 407 g/mol. The fourth-order valence-electron chi connectivity index (χ4n) is 3.09. The molecule has 3 aromatic rings. The number of rotatable bonds is 8. The van der Waals surface area contributed by atoms with E-state index >= 15 is 0 Å². The summed E-state index contributed by atoms with van der Waals surface area (Å²) in [5, 5.41) is 0. The fraction of sp³-hybridized carbons (Fsp3) is 0.227. The highest BCUT2D eigenvalue weighted by Crippen LogP contribution is 2.16. The van der Waals surface area contributed by atoms with Crippen LogP contribution in [-0.2, 0) is 27.8 Å². The molecule has 0 saturated carbocycles. The van der Waals surface area contributed by atoms with E-state index in [2.05, 4.69) is 4.72 Å². The van der Waals surface area contributed by atoms with E-state index in [4.69, 9.17) is 4.42 Å². The first-order valence-corrected chi connectivity index (χ1v) is 10.9. The molecule has 0 radical (unpaired) electrons. The minimum atomic E-state index is -4.25. The third kappa shape index (κ3) is 5.34. The Morgan fingerprint density at radius 2 is 1.73 bits per heavy atom. The Hall–Kier alpha value is -2.97. The highest BCUT2D eigenvalue weighted by atomic mass is 32.2. The summed E-state index contributed by atoms with van der Waals surface area (Å²) in [6, 6.07) is 16.5. The van der Waals surface area contributed by atoms with E-state index in [-0.39, 0.29) is 13.0 Å². The van der Waals surface area contributed by atoms with Gasteiger partial charge in [-0.15, -0.1) is 0 Å². The Morgan fingerprint density at radius 1 is 1.07 bits per heavy atom. The molecule has 1 aromatic heterocycles. The van der Waals surface area contributed by atoms with E-state index in [1.807, 2.05) is 6.07 Å². The molecule has 0 spiro atoms. The van der Waals surface area contributed by atoms with Crippen molar-refractivity contribution in [3.05, 3.63) is 89.6 Å². The molecule has 8 heteroatoms. The summed E-state index contributed by atoms with van der Waals surface area (Å²) in [4.78, 5) is 14.0. The van der Waals surface area contributed by atoms with Crippen LogP contribution < -0.4 is 4.72 Å². The number of benzene rings is 2. The van der Waals surface area contributed by atoms with Crippen molar-refractivity contribution in [1.29, 1.82) is 0 Å². The summed E-state index contributed by atoms with van der Waals surface area (Å²) >= 11 is 0. The van der Waals surface area contributed by atoms with Crippen LogP contribution in [0.25, 0.3) is 0 Å². The molecule has 3 rings (SSSR count). The van der Waals surface area contributed by atoms with Crippen molar-refractivity contribution >= 4 is 15.9 Å². The largest absolute Gasteiger partial charge is 0.464 e. The quantitative estimate of drug-likeness (QED) is 0.595. The Labute approximate surface area is 175 Å². The van der Waals surface area contributed by atoms with E-state index in [1.165, 1.54) is 17.0 Å². The van der Waals surface area contributed by atoms with Crippen LogP contribution >= 0.6 is 0 Å². The molecule has 0 aliphatic rings. The van der Waals surface area contributed by atoms with E-state index < -0.39 is 32.7 Å². The standard InChI is InChI=1S/C22H23FN2O4S/c1-16-12-13-18(29-16)15-25(2)22(26)20(14-17-8-4-3-5-9-17)24-30(27,28)21-11-7-6-10-19(21)23/h3-13,20,24H,14-15H2,1-2H3/t20-/m0/s1. The molecule has 0 aliphatic heterocycles. The highest BCUT2D eigenvalue weighted by Gasteiger charge is 2.30. The minimum absolute atomic E-state index is 0.120. The van der Waals surface area contributed by atoms with Gasteiger partial charge >= 0.3 is 0 Å². The lowest BCUT2D eigenvalue weighted by Gasteiger charge is -2.24. The van der Waals surface area contributed by atoms with Gasteiger partial charge in [0.25, 0.3) is 0 Å². The molecule has 1 heterocycles. The van der Waals surface area contributed by atoms with Crippen molar-refractivity contribution in [2.45, 2.75) is 30.8 Å². The maximum atomic E-state index is 14.1. The Bertz CT molecular complexity index is 1110. The van der Waals surface area contributed by atoms with Crippen molar-refractivity contribution in [3.63, 3.8) is 0 Å². The number of aryl methyl sites for hydroxylation is 1. The van der Waals surface area contributed by atoms with Crippen LogP contribution in [0.5, 0.6) is 0 Å². The first kappa shape index (κ1) is 21.7. The molecular formula is C22H23FN2O4S. The molecule has 0 fully saturated rings. The molecule has 0 bridgehead atoms. The van der Waals surface area contributed by atoms with Crippen LogP contribution in [0.3, 0.4) is 0 Å². The van der Waals surface area contributed by atoms with Gasteiger partial charge in [-0.05, 0) is 43.2 Å². The number of likely N-dealkylation sites (N-methyl/N-ethyl adjacent to an activating group) is 1. The minimum Gasteiger partial charge on any atom is -0.464 e. The fourth-order valence-corrected chi connectivity index (χ4v) is 4.36. The van der Waals surface area contributed by atoms with Gasteiger partial charge in [0.2, 0.25) is 15.9 Å². The van der Waals surface area contributed by atoms with Gasteiger partial charge in [0.1, 0.15) is 28.3 Å². The summed E-state index contributed by atoms with van der Waals surface area (Å²) in [7, 11) is -2.69. The molecule has 6 nitrogen and oxygen atoms in total. The van der Waals surface area contributed by atoms with Crippen molar-refractivity contribution in [2.75, 3.05) is 7.05 Å². The number of nitrogens with one attached hydrogen (secondary N) is 1. The molecule has 0 aliphatic carbocycles. The van der Waals surface area contributed by atoms with Crippen LogP contribution in [0.15, 0.2) is 76.0 Å². The van der Waals surface area contributed by atoms with Crippen LogP contribution in [0.1, 0.15) is 17.1 Å². The average molecular weight is 431 g/mol. The van der Waals surface area contributed by atoms with Gasteiger partial charge in [-0.25, -0.2) is 12.8 Å². The number of furan rings is 1. The lowest BCUT2D eigenvalue weighted by molar-refractivity contribution is -0.132. The molecule has 0 unspecified atom stereocenters. The lowest BCUT2D eigenvalue weighted by atomic mass is 10.1. The monoisotopic (exact) mass is 430 g/mol. The van der Waals surface area contributed by atoms with E-state index in [0.29, 0.717) is 11.5 Å². The summed E-state index contributed by atoms with van der Waals surface area (Å²) < 4.78 is 47.6. The molecule has 1 atom stereocenters. The SMILES string of the molecule is Cc1ccc(CN(C)C(=O)[C@H](Cc2ccccc2)NS(=O)(=O)c2ccccc2F)o1. The van der Waals surface area contributed by atoms with Gasteiger partial charge in [-0.3, -0.25) is 4.79 Å². The average Bonchev–Trinajstić information content (AvgIpc) is 3.12. The first-order valence-electron chi connectivity index (χ1n) is 9.37. The van der Waals surface area contributed by atoms with Gasteiger partial charge in [0.05, 0.1) is 6.54 Å². The molecule has 30 heavy (non-hydrogen) atoms. The zero-order valence-corrected chi connectivity index (χ0v) is 17.5. The normalized spacial score (nSPS) is 12.5. The van der Waals surface area contributed by atoms with E-state index in [1.54, 1.807) is 50.4 Å². The first-order chi connectivity index (χ1) is 14.3. The van der Waals surface area contributed by atoms with Crippen LogP contribution in [-0.4, -0.2) is 32.3 Å². The number of hydrogen-bond acceptors (Lipinski definition) is 4. The van der Waals surface area contributed by atoms with Gasteiger partial charge in [0.15, 0.2) is 0 Å². The zero-order valence-electron chi connectivity index (χ0n) is 16.7. The predicted octanol–water partition coefficient (Wildman–Crippen LogP) is 3.28. The second kappa shape index (κ2) is 9.23. The number of hydrogen-bond donors (Lipinski definition) is 1. The number of sulfonamides is 1. The second-order valence-corrected chi connectivity index (χ2v) is 8.68. The number of nitrogens with zero attached hydrogens (tertiary/aromatic N) is 1. The Balaban J connectivity index is 1.86. The van der Waals surface area contributed by atoms with Crippen LogP contribution in [0.2, 0.25) is 0 Å². The second-order valence-electron chi connectivity index (χ2n) is 7.00. The third-order valence-electron chi connectivity index (χ3n) is 4.57. The number of amides is 1. The number of carbonyl (C=O) groups excluding carboxylic acids is 1. The summed E-state index contributed by atoms with van der Waals surface area (Å²) in [5.74, 6) is -0.0335. The lowest BCUT2D eigenvalue weighted by Crippen LogP contribution is -2.48. The van der Waals surface area contributed by atoms with E-state index in [9.17, 15) is 17.6 Å². The van der Waals surface area contributed by atoms with Crippen molar-refractivity contribution < 1.29 is 22.0 Å². The van der Waals surface area contributed by atoms with Crippen molar-refractivity contribution in [2.24, 2.45) is 0 Å². The predicted molar refractivity (Wildman–Crippen MR) is 111 cm³/mol. The smallest absolute Gasteiger partial charge is 0.244 e. The van der Waals surface area contributed by atoms with Crippen LogP contribution in [0.4, 0.5) is 4.39 Å². The van der Waals surface area contributed by atoms with Crippen molar-refractivity contribution in [3.8, 4) is 0 Å². The van der Waals surface area contributed by atoms with E-state index in [0.717, 1.165) is 17.7 Å². The molecule has 2 aromatic carbocycles. The Kier molecular flexibility index (Phi) is 6.69. The summed E-state index contributed by atoms with van der Waals surface area (Å²) in [6.45, 7) is 1.98. The van der Waals surface area contributed by atoms with Gasteiger partial charge in [0, 0.05) is 7.05 Å². The summed E-state index contributed by atoms with van der Waals surface area (Å²) in [6.07, 6.45) is 0.120. The highest BCUT2D eigenvalue weighted by molar-refractivity contribution is 7.89. The third-order valence-corrected chi connectivity index (χ3v) is 6.07. The van der Waals surface area contributed by atoms with Gasteiger partial charge in [-0.2, -0.15) is 4.72 Å². The van der Waals surface area contributed by atoms with Crippen LogP contribution in [0, 0.1) is 12.7 Å². The molecule has 158 valence electrons. The number of carbonyl (C=O) groups is 1. The van der Waals surface area contributed by atoms with Gasteiger partial charge < -0.3 is 9.32 Å². The molecule has 1 amide bonds. The zero-order chi connectivity index (χ0) is 21.7. The Morgan fingerprint density at radius 3 is 2.37 bits per heavy atom. The van der Waals surface area contributed by atoms with Gasteiger partial charge in [-0.1, -0.05) is 42.5 Å². The number of halogens is 1. The topological polar surface area (TPSA) is 79.6 Å².